The molecule has 1 aromatic heterocycles. The second-order valence-electron chi connectivity index (χ2n) is 3.73. The van der Waals surface area contributed by atoms with Gasteiger partial charge in [0.05, 0.1) is 18.2 Å². The summed E-state index contributed by atoms with van der Waals surface area (Å²) in [4.78, 5) is 15.7. The van der Waals surface area contributed by atoms with Crippen LogP contribution in [-0.4, -0.2) is 30.1 Å². The summed E-state index contributed by atoms with van der Waals surface area (Å²) in [5.74, 6) is -0.186. The Balaban J connectivity index is 2.00. The van der Waals surface area contributed by atoms with Crippen LogP contribution in [0.1, 0.15) is 23.2 Å². The minimum Gasteiger partial charge on any atom is -0.379 e. The summed E-state index contributed by atoms with van der Waals surface area (Å²) in [5.41, 5.74) is 0.412. The van der Waals surface area contributed by atoms with Crippen molar-refractivity contribution < 1.29 is 9.53 Å². The zero-order valence-electron chi connectivity index (χ0n) is 8.78. The third kappa shape index (κ3) is 2.71. The van der Waals surface area contributed by atoms with E-state index in [1.807, 2.05) is 0 Å². The predicted molar refractivity (Wildman–Crippen MR) is 60.6 cm³/mol. The Labute approximate surface area is 99.0 Å². The van der Waals surface area contributed by atoms with Gasteiger partial charge in [0.15, 0.2) is 0 Å². The monoisotopic (exact) mass is 240 g/mol. The van der Waals surface area contributed by atoms with Crippen molar-refractivity contribution in [2.45, 2.75) is 18.9 Å². The van der Waals surface area contributed by atoms with Crippen LogP contribution >= 0.6 is 11.6 Å². The van der Waals surface area contributed by atoms with Gasteiger partial charge in [-0.05, 0) is 25.0 Å². The molecule has 1 fully saturated rings. The Morgan fingerprint density at radius 1 is 1.62 bits per heavy atom. The van der Waals surface area contributed by atoms with E-state index in [1.54, 1.807) is 18.3 Å². The molecule has 1 aliphatic heterocycles. The van der Waals surface area contributed by atoms with E-state index in [4.69, 9.17) is 16.3 Å². The Morgan fingerprint density at radius 3 is 3.19 bits per heavy atom. The van der Waals surface area contributed by atoms with Crippen molar-refractivity contribution in [1.82, 2.24) is 10.3 Å². The number of amides is 1. The molecule has 0 bridgehead atoms. The van der Waals surface area contributed by atoms with Crippen LogP contribution in [0, 0.1) is 0 Å². The lowest BCUT2D eigenvalue weighted by Gasteiger charge is -2.23. The van der Waals surface area contributed by atoms with Gasteiger partial charge in [0.1, 0.15) is 5.15 Å². The molecule has 5 heteroatoms. The topological polar surface area (TPSA) is 51.2 Å². The quantitative estimate of drug-likeness (QED) is 0.800. The van der Waals surface area contributed by atoms with E-state index in [0.717, 1.165) is 19.4 Å². The Morgan fingerprint density at radius 2 is 2.50 bits per heavy atom. The molecule has 0 aliphatic carbocycles. The van der Waals surface area contributed by atoms with Crippen molar-refractivity contribution >= 4 is 17.5 Å². The normalized spacial score (nSPS) is 20.4. The lowest BCUT2D eigenvalue weighted by molar-refractivity contribution is 0.0624. The fourth-order valence-electron chi connectivity index (χ4n) is 1.67. The first-order valence-corrected chi connectivity index (χ1v) is 5.64. The average molecular weight is 241 g/mol. The molecule has 86 valence electrons. The fraction of sp³-hybridized carbons (Fsp3) is 0.455. The summed E-state index contributed by atoms with van der Waals surface area (Å²) in [6, 6.07) is 3.43. The van der Waals surface area contributed by atoms with E-state index in [9.17, 15) is 4.79 Å². The van der Waals surface area contributed by atoms with Crippen molar-refractivity contribution in [3.63, 3.8) is 0 Å². The van der Waals surface area contributed by atoms with Crippen molar-refractivity contribution in [2.24, 2.45) is 0 Å². The number of carbonyl (C=O) groups is 1. The molecule has 0 radical (unpaired) electrons. The van der Waals surface area contributed by atoms with Gasteiger partial charge in [-0.1, -0.05) is 11.6 Å². The van der Waals surface area contributed by atoms with Gasteiger partial charge >= 0.3 is 0 Å². The zero-order valence-corrected chi connectivity index (χ0v) is 9.54. The number of nitrogens with zero attached hydrogens (tertiary/aromatic N) is 1. The van der Waals surface area contributed by atoms with Gasteiger partial charge in [0.2, 0.25) is 0 Å². The first-order valence-electron chi connectivity index (χ1n) is 5.26. The smallest absolute Gasteiger partial charge is 0.254 e. The highest BCUT2D eigenvalue weighted by Crippen LogP contribution is 2.13. The minimum atomic E-state index is -0.186. The largest absolute Gasteiger partial charge is 0.379 e. The first-order chi connectivity index (χ1) is 7.77. The summed E-state index contributed by atoms with van der Waals surface area (Å²) >= 11 is 5.83. The van der Waals surface area contributed by atoms with Crippen molar-refractivity contribution in [2.75, 3.05) is 13.2 Å². The maximum Gasteiger partial charge on any atom is 0.254 e. The van der Waals surface area contributed by atoms with Gasteiger partial charge in [-0.15, -0.1) is 0 Å². The molecule has 1 aromatic rings. The number of ether oxygens (including phenoxy) is 1. The SMILES string of the molecule is O=C(NC1CCCOC1)c1cccnc1Cl. The molecule has 16 heavy (non-hydrogen) atoms. The maximum atomic E-state index is 11.8. The van der Waals surface area contributed by atoms with E-state index in [-0.39, 0.29) is 17.1 Å². The van der Waals surface area contributed by atoms with E-state index >= 15 is 0 Å². The number of hydrogen-bond donors (Lipinski definition) is 1. The molecule has 0 spiro atoms. The van der Waals surface area contributed by atoms with E-state index in [1.165, 1.54) is 0 Å². The molecule has 2 rings (SSSR count). The third-order valence-electron chi connectivity index (χ3n) is 2.50. The predicted octanol–water partition coefficient (Wildman–Crippen LogP) is 1.64. The van der Waals surface area contributed by atoms with Crippen LogP contribution in [-0.2, 0) is 4.74 Å². The Bertz CT molecular complexity index is 378. The molecule has 0 saturated carbocycles. The lowest BCUT2D eigenvalue weighted by atomic mass is 10.1. The van der Waals surface area contributed by atoms with Crippen molar-refractivity contribution in [3.8, 4) is 0 Å². The number of aromatic nitrogens is 1. The molecule has 1 atom stereocenters. The molecule has 1 unspecified atom stereocenters. The molecule has 1 amide bonds. The van der Waals surface area contributed by atoms with Gasteiger partial charge in [-0.2, -0.15) is 0 Å². The molecule has 0 aromatic carbocycles. The van der Waals surface area contributed by atoms with Gasteiger partial charge < -0.3 is 10.1 Å². The zero-order chi connectivity index (χ0) is 11.4. The molecular formula is C11H13ClN2O2. The second-order valence-corrected chi connectivity index (χ2v) is 4.09. The molecule has 4 nitrogen and oxygen atoms in total. The number of halogens is 1. The summed E-state index contributed by atoms with van der Waals surface area (Å²) in [7, 11) is 0. The standard InChI is InChI=1S/C11H13ClN2O2/c12-10-9(4-1-5-13-10)11(15)14-8-3-2-6-16-7-8/h1,4-5,8H,2-3,6-7H2,(H,14,15). The Kier molecular flexibility index (Phi) is 3.74. The van der Waals surface area contributed by atoms with Crippen LogP contribution in [0.2, 0.25) is 5.15 Å². The summed E-state index contributed by atoms with van der Waals surface area (Å²) in [6.07, 6.45) is 3.48. The molecule has 1 aliphatic rings. The highest BCUT2D eigenvalue weighted by molar-refractivity contribution is 6.32. The van der Waals surface area contributed by atoms with Crippen molar-refractivity contribution in [3.05, 3.63) is 29.0 Å². The van der Waals surface area contributed by atoms with Gasteiger partial charge in [0.25, 0.3) is 5.91 Å². The van der Waals surface area contributed by atoms with Crippen LogP contribution < -0.4 is 5.32 Å². The summed E-state index contributed by atoms with van der Waals surface area (Å²) < 4.78 is 5.29. The highest BCUT2D eigenvalue weighted by atomic mass is 35.5. The molecule has 1 N–H and O–H groups in total. The van der Waals surface area contributed by atoms with Crippen LogP contribution in [0.4, 0.5) is 0 Å². The third-order valence-corrected chi connectivity index (χ3v) is 2.80. The minimum absolute atomic E-state index is 0.0810. The highest BCUT2D eigenvalue weighted by Gasteiger charge is 2.18. The van der Waals surface area contributed by atoms with E-state index in [2.05, 4.69) is 10.3 Å². The van der Waals surface area contributed by atoms with E-state index in [0.29, 0.717) is 12.2 Å². The van der Waals surface area contributed by atoms with Crippen LogP contribution in [0.15, 0.2) is 18.3 Å². The number of rotatable bonds is 2. The summed E-state index contributed by atoms with van der Waals surface area (Å²) in [6.45, 7) is 1.35. The van der Waals surface area contributed by atoms with Crippen LogP contribution in [0.5, 0.6) is 0 Å². The first kappa shape index (κ1) is 11.4. The number of pyridine rings is 1. The lowest BCUT2D eigenvalue weighted by Crippen LogP contribution is -2.40. The van der Waals surface area contributed by atoms with Gasteiger partial charge in [0, 0.05) is 12.8 Å². The molecular weight excluding hydrogens is 228 g/mol. The molecule has 1 saturated heterocycles. The number of hydrogen-bond acceptors (Lipinski definition) is 3. The van der Waals surface area contributed by atoms with Gasteiger partial charge in [-0.3, -0.25) is 4.79 Å². The van der Waals surface area contributed by atoms with Gasteiger partial charge in [-0.25, -0.2) is 4.98 Å². The van der Waals surface area contributed by atoms with Crippen molar-refractivity contribution in [1.29, 1.82) is 0 Å². The Hall–Kier alpha value is -1.13. The molecule has 2 heterocycles. The second kappa shape index (κ2) is 5.27. The van der Waals surface area contributed by atoms with Crippen LogP contribution in [0.25, 0.3) is 0 Å². The number of carbonyl (C=O) groups excluding carboxylic acids is 1. The van der Waals surface area contributed by atoms with Crippen LogP contribution in [0.3, 0.4) is 0 Å². The summed E-state index contributed by atoms with van der Waals surface area (Å²) in [5, 5.41) is 3.12. The van der Waals surface area contributed by atoms with E-state index < -0.39 is 0 Å². The fourth-order valence-corrected chi connectivity index (χ4v) is 1.88. The average Bonchev–Trinajstić information content (AvgIpc) is 2.31. The number of nitrogens with one attached hydrogen (secondary N) is 1. The maximum absolute atomic E-state index is 11.8.